The molecule has 0 N–H and O–H groups in total. The Labute approximate surface area is 144 Å². The van der Waals surface area contributed by atoms with Crippen LogP contribution in [0.2, 0.25) is 5.02 Å². The van der Waals surface area contributed by atoms with E-state index in [1.165, 1.54) is 0 Å². The minimum Gasteiger partial charge on any atom is -0.460 e. The zero-order chi connectivity index (χ0) is 16.0. The summed E-state index contributed by atoms with van der Waals surface area (Å²) in [5, 5.41) is 0.508. The Morgan fingerprint density at radius 3 is 2.43 bits per heavy atom. The highest BCUT2D eigenvalue weighted by Crippen LogP contribution is 2.36. The summed E-state index contributed by atoms with van der Waals surface area (Å²) in [5.74, 6) is -2.27. The zero-order valence-corrected chi connectivity index (χ0v) is 15.1. The highest BCUT2D eigenvalue weighted by Gasteiger charge is 2.29. The van der Waals surface area contributed by atoms with Crippen LogP contribution in [0, 0.1) is 0 Å². The van der Waals surface area contributed by atoms with E-state index in [1.807, 2.05) is 0 Å². The van der Waals surface area contributed by atoms with Gasteiger partial charge in [0.05, 0.1) is 22.7 Å². The smallest absolute Gasteiger partial charge is 0.375 e. The fraction of sp³-hybridized carbons (Fsp3) is 0.357. The van der Waals surface area contributed by atoms with Crippen LogP contribution in [0.4, 0.5) is 0 Å². The zero-order valence-electron chi connectivity index (χ0n) is 11.1. The highest BCUT2D eigenvalue weighted by atomic mass is 79.9. The minimum atomic E-state index is -0.991. The Balaban J connectivity index is 2.72. The molecule has 1 aromatic rings. The average Bonchev–Trinajstić information content (AvgIpc) is 2.46. The SMILES string of the molecule is CCOC(=O)C(=O)CC(=O)C(Br)C(Br)c1ccccc1Cl. The predicted molar refractivity (Wildman–Crippen MR) is 87.1 cm³/mol. The van der Waals surface area contributed by atoms with Crippen molar-refractivity contribution in [1.82, 2.24) is 0 Å². The maximum absolute atomic E-state index is 12.0. The van der Waals surface area contributed by atoms with Gasteiger partial charge in [-0.05, 0) is 18.6 Å². The molecule has 2 unspecified atom stereocenters. The molecule has 114 valence electrons. The summed E-state index contributed by atoms with van der Waals surface area (Å²) < 4.78 is 4.56. The summed E-state index contributed by atoms with van der Waals surface area (Å²) in [6, 6.07) is 7.06. The van der Waals surface area contributed by atoms with Gasteiger partial charge in [-0.15, -0.1) is 0 Å². The summed E-state index contributed by atoms with van der Waals surface area (Å²) in [4.78, 5) is 33.7. The van der Waals surface area contributed by atoms with Crippen LogP contribution in [0.15, 0.2) is 24.3 Å². The Hall–Kier alpha value is -0.720. The lowest BCUT2D eigenvalue weighted by Crippen LogP contribution is -2.26. The van der Waals surface area contributed by atoms with E-state index in [-0.39, 0.29) is 6.61 Å². The molecule has 0 aromatic heterocycles. The fourth-order valence-corrected chi connectivity index (χ4v) is 3.08. The van der Waals surface area contributed by atoms with Crippen molar-refractivity contribution in [3.8, 4) is 0 Å². The number of carbonyl (C=O) groups is 3. The summed E-state index contributed by atoms with van der Waals surface area (Å²) in [6.45, 7) is 1.68. The molecule has 0 amide bonds. The Morgan fingerprint density at radius 1 is 1.24 bits per heavy atom. The molecule has 1 rings (SSSR count). The van der Waals surface area contributed by atoms with Gasteiger partial charge in [0, 0.05) is 5.02 Å². The van der Waals surface area contributed by atoms with Crippen LogP contribution in [-0.4, -0.2) is 29.0 Å². The number of benzene rings is 1. The van der Waals surface area contributed by atoms with Crippen molar-refractivity contribution in [3.05, 3.63) is 34.9 Å². The van der Waals surface area contributed by atoms with Crippen molar-refractivity contribution in [1.29, 1.82) is 0 Å². The summed E-state index contributed by atoms with van der Waals surface area (Å²) >= 11 is 12.7. The number of ketones is 2. The van der Waals surface area contributed by atoms with Gasteiger partial charge in [0.1, 0.15) is 0 Å². The van der Waals surface area contributed by atoms with Crippen LogP contribution in [0.1, 0.15) is 23.7 Å². The molecule has 21 heavy (non-hydrogen) atoms. The van der Waals surface area contributed by atoms with Gasteiger partial charge in [-0.2, -0.15) is 0 Å². The van der Waals surface area contributed by atoms with Crippen LogP contribution >= 0.6 is 43.5 Å². The number of ether oxygens (including phenoxy) is 1. The van der Waals surface area contributed by atoms with Gasteiger partial charge in [0.2, 0.25) is 5.78 Å². The second-order valence-electron chi connectivity index (χ2n) is 4.11. The minimum absolute atomic E-state index is 0.0944. The monoisotopic (exact) mass is 438 g/mol. The molecule has 0 bridgehead atoms. The van der Waals surface area contributed by atoms with Crippen LogP contribution < -0.4 is 0 Å². The van der Waals surface area contributed by atoms with E-state index in [0.717, 1.165) is 5.56 Å². The first-order valence-corrected chi connectivity index (χ1v) is 8.34. The number of hydrogen-bond donors (Lipinski definition) is 0. The number of halogens is 3. The van der Waals surface area contributed by atoms with Gasteiger partial charge in [0.25, 0.3) is 0 Å². The third kappa shape index (κ3) is 5.20. The van der Waals surface area contributed by atoms with Crippen LogP contribution in [0.25, 0.3) is 0 Å². The van der Waals surface area contributed by atoms with Gasteiger partial charge in [-0.25, -0.2) is 4.79 Å². The standard InChI is InChI=1S/C14H13Br2ClO4/c1-2-21-14(20)11(19)7-10(18)13(16)12(15)8-5-3-4-6-9(8)17/h3-6,12-13H,2,7H2,1H3. The fourth-order valence-electron chi connectivity index (χ4n) is 1.56. The van der Waals surface area contributed by atoms with E-state index in [1.54, 1.807) is 31.2 Å². The normalized spacial score (nSPS) is 13.3. The first-order chi connectivity index (χ1) is 9.88. The molecular formula is C14H13Br2ClO4. The van der Waals surface area contributed by atoms with Gasteiger partial charge in [0.15, 0.2) is 5.78 Å². The van der Waals surface area contributed by atoms with E-state index in [9.17, 15) is 14.4 Å². The maximum Gasteiger partial charge on any atom is 0.375 e. The molecule has 0 radical (unpaired) electrons. The molecule has 0 aliphatic carbocycles. The Bertz CT molecular complexity index is 548. The molecule has 1 aromatic carbocycles. The van der Waals surface area contributed by atoms with Gasteiger partial charge in [-0.1, -0.05) is 61.7 Å². The van der Waals surface area contributed by atoms with E-state index < -0.39 is 33.6 Å². The molecule has 2 atom stereocenters. The highest BCUT2D eigenvalue weighted by molar-refractivity contribution is 9.12. The molecule has 0 aliphatic heterocycles. The van der Waals surface area contributed by atoms with Crippen LogP contribution in [0.3, 0.4) is 0 Å². The van der Waals surface area contributed by atoms with Gasteiger partial charge >= 0.3 is 5.97 Å². The second-order valence-corrected chi connectivity index (χ2v) is 6.49. The van der Waals surface area contributed by atoms with Crippen molar-refractivity contribution in [2.75, 3.05) is 6.61 Å². The molecule has 0 spiro atoms. The van der Waals surface area contributed by atoms with Crippen molar-refractivity contribution in [3.63, 3.8) is 0 Å². The van der Waals surface area contributed by atoms with Crippen molar-refractivity contribution in [2.45, 2.75) is 23.0 Å². The number of carbonyl (C=O) groups excluding carboxylic acids is 3. The predicted octanol–water partition coefficient (Wildman–Crippen LogP) is 3.63. The van der Waals surface area contributed by atoms with Crippen LogP contribution in [0.5, 0.6) is 0 Å². The number of hydrogen-bond acceptors (Lipinski definition) is 4. The number of rotatable bonds is 7. The third-order valence-electron chi connectivity index (χ3n) is 2.60. The lowest BCUT2D eigenvalue weighted by Gasteiger charge is -2.17. The molecule has 7 heteroatoms. The second kappa shape index (κ2) is 8.66. The molecular weight excluding hydrogens is 427 g/mol. The maximum atomic E-state index is 12.0. The lowest BCUT2D eigenvalue weighted by molar-refractivity contribution is -0.154. The quantitative estimate of drug-likeness (QED) is 0.281. The van der Waals surface area contributed by atoms with Gasteiger partial charge in [-0.3, -0.25) is 9.59 Å². The van der Waals surface area contributed by atoms with E-state index >= 15 is 0 Å². The van der Waals surface area contributed by atoms with Crippen molar-refractivity contribution < 1.29 is 19.1 Å². The summed E-state index contributed by atoms with van der Waals surface area (Å²) in [5.41, 5.74) is 0.720. The number of esters is 1. The van der Waals surface area contributed by atoms with Crippen molar-refractivity contribution in [2.24, 2.45) is 0 Å². The number of alkyl halides is 2. The molecule has 0 aliphatic rings. The number of Topliss-reactive ketones (excluding diaryl/α,β-unsaturated/α-hetero) is 2. The lowest BCUT2D eigenvalue weighted by atomic mass is 10.0. The van der Waals surface area contributed by atoms with Crippen LogP contribution in [-0.2, 0) is 19.1 Å². The topological polar surface area (TPSA) is 60.4 Å². The largest absolute Gasteiger partial charge is 0.460 e. The molecule has 0 heterocycles. The first-order valence-electron chi connectivity index (χ1n) is 6.13. The van der Waals surface area contributed by atoms with E-state index in [0.29, 0.717) is 5.02 Å². The first kappa shape index (κ1) is 18.3. The molecule has 4 nitrogen and oxygen atoms in total. The molecule has 0 saturated heterocycles. The van der Waals surface area contributed by atoms with Gasteiger partial charge < -0.3 is 4.74 Å². The summed E-state index contributed by atoms with van der Waals surface area (Å²) in [6.07, 6.45) is -0.513. The van der Waals surface area contributed by atoms with E-state index in [4.69, 9.17) is 11.6 Å². The molecule has 0 fully saturated rings. The molecule has 0 saturated carbocycles. The van der Waals surface area contributed by atoms with E-state index in [2.05, 4.69) is 36.6 Å². The Morgan fingerprint density at radius 2 is 1.86 bits per heavy atom. The summed E-state index contributed by atoms with van der Waals surface area (Å²) in [7, 11) is 0. The van der Waals surface area contributed by atoms with Crippen molar-refractivity contribution >= 4 is 61.0 Å². The third-order valence-corrected chi connectivity index (χ3v) is 5.72. The Kier molecular flexibility index (Phi) is 7.56. The average molecular weight is 441 g/mol.